The van der Waals surface area contributed by atoms with E-state index in [2.05, 4.69) is 20.4 Å². The molecule has 1 atom stereocenters. The number of pyridine rings is 1. The molecule has 0 fully saturated rings. The molecule has 0 saturated carbocycles. The number of benzene rings is 1. The SMILES string of the molecule is C[C@@H](Cn1ccc(-c2cc(F)c(C#N)c(Cl)c2)n1)NC(=O)c1csc(-c2cccnc2)n1. The molecule has 160 valence electrons. The predicted molar refractivity (Wildman–Crippen MR) is 120 cm³/mol. The number of halogens is 2. The van der Waals surface area contributed by atoms with Gasteiger partial charge in [0.15, 0.2) is 0 Å². The van der Waals surface area contributed by atoms with Crippen LogP contribution in [-0.4, -0.2) is 31.7 Å². The van der Waals surface area contributed by atoms with Gasteiger partial charge in [-0.25, -0.2) is 9.37 Å². The minimum absolute atomic E-state index is 0.0339. The minimum Gasteiger partial charge on any atom is -0.346 e. The van der Waals surface area contributed by atoms with Crippen molar-refractivity contribution in [2.45, 2.75) is 19.5 Å². The van der Waals surface area contributed by atoms with Gasteiger partial charge >= 0.3 is 0 Å². The molecule has 0 saturated heterocycles. The van der Waals surface area contributed by atoms with E-state index in [9.17, 15) is 9.18 Å². The van der Waals surface area contributed by atoms with Gasteiger partial charge < -0.3 is 5.32 Å². The standard InChI is InChI=1S/C22H16ClFN6OS/c1-13(27-21(31)20-12-32-22(28-20)14-3-2-5-26-10-14)11-30-6-4-19(29-30)15-7-17(23)16(9-25)18(24)8-15/h2-8,10,12-13H,11H2,1H3,(H,27,31)/t13-/m0/s1. The molecule has 0 radical (unpaired) electrons. The first kappa shape index (κ1) is 21.6. The Morgan fingerprint density at radius 1 is 1.38 bits per heavy atom. The molecule has 0 aliphatic heterocycles. The van der Waals surface area contributed by atoms with Crippen molar-refractivity contribution >= 4 is 28.8 Å². The summed E-state index contributed by atoms with van der Waals surface area (Å²) in [7, 11) is 0. The molecule has 0 aliphatic rings. The number of hydrogen-bond acceptors (Lipinski definition) is 6. The second-order valence-electron chi connectivity index (χ2n) is 7.00. The van der Waals surface area contributed by atoms with Gasteiger partial charge in [-0.15, -0.1) is 11.3 Å². The molecule has 7 nitrogen and oxygen atoms in total. The second-order valence-corrected chi connectivity index (χ2v) is 8.27. The van der Waals surface area contributed by atoms with Gasteiger partial charge in [0.05, 0.1) is 17.3 Å². The van der Waals surface area contributed by atoms with E-state index < -0.39 is 5.82 Å². The molecule has 4 rings (SSSR count). The lowest BCUT2D eigenvalue weighted by atomic mass is 10.1. The molecule has 1 amide bonds. The van der Waals surface area contributed by atoms with Crippen molar-refractivity contribution in [1.29, 1.82) is 5.26 Å². The monoisotopic (exact) mass is 466 g/mol. The fourth-order valence-corrected chi connectivity index (χ4v) is 4.11. The summed E-state index contributed by atoms with van der Waals surface area (Å²) in [5.74, 6) is -0.976. The van der Waals surface area contributed by atoms with Crippen LogP contribution < -0.4 is 5.32 Å². The zero-order chi connectivity index (χ0) is 22.7. The van der Waals surface area contributed by atoms with Crippen LogP contribution in [0.3, 0.4) is 0 Å². The summed E-state index contributed by atoms with van der Waals surface area (Å²) in [6.07, 6.45) is 5.11. The molecular weight excluding hydrogens is 451 g/mol. The van der Waals surface area contributed by atoms with Crippen molar-refractivity contribution in [3.63, 3.8) is 0 Å². The van der Waals surface area contributed by atoms with Crippen LogP contribution in [0.2, 0.25) is 5.02 Å². The maximum atomic E-state index is 14.0. The third-order valence-electron chi connectivity index (χ3n) is 4.57. The van der Waals surface area contributed by atoms with Crippen molar-refractivity contribution in [3.8, 4) is 27.9 Å². The third-order valence-corrected chi connectivity index (χ3v) is 5.76. The lowest BCUT2D eigenvalue weighted by Crippen LogP contribution is -2.36. The van der Waals surface area contributed by atoms with E-state index in [1.807, 2.05) is 19.1 Å². The van der Waals surface area contributed by atoms with Gasteiger partial charge in [-0.2, -0.15) is 10.4 Å². The quantitative estimate of drug-likeness (QED) is 0.449. The van der Waals surface area contributed by atoms with Crippen molar-refractivity contribution in [3.05, 3.63) is 76.4 Å². The Bertz CT molecular complexity index is 1290. The highest BCUT2D eigenvalue weighted by Gasteiger charge is 2.16. The lowest BCUT2D eigenvalue weighted by molar-refractivity contribution is 0.0931. The molecule has 1 aromatic carbocycles. The van der Waals surface area contributed by atoms with E-state index in [0.29, 0.717) is 23.5 Å². The molecule has 3 aromatic heterocycles. The Kier molecular flexibility index (Phi) is 6.25. The van der Waals surface area contributed by atoms with Crippen molar-refractivity contribution in [2.75, 3.05) is 0 Å². The Morgan fingerprint density at radius 2 is 2.22 bits per heavy atom. The van der Waals surface area contributed by atoms with E-state index in [-0.39, 0.29) is 22.5 Å². The van der Waals surface area contributed by atoms with Gasteiger partial charge in [0.2, 0.25) is 0 Å². The van der Waals surface area contributed by atoms with E-state index in [4.69, 9.17) is 16.9 Å². The molecule has 0 aliphatic carbocycles. The van der Waals surface area contributed by atoms with Crippen LogP contribution in [0.1, 0.15) is 23.0 Å². The summed E-state index contributed by atoms with van der Waals surface area (Å²) < 4.78 is 15.7. The number of carbonyl (C=O) groups is 1. The first-order valence-electron chi connectivity index (χ1n) is 9.54. The van der Waals surface area contributed by atoms with Crippen LogP contribution in [0.4, 0.5) is 4.39 Å². The van der Waals surface area contributed by atoms with Crippen LogP contribution in [0.25, 0.3) is 21.8 Å². The largest absolute Gasteiger partial charge is 0.346 e. The second kappa shape index (κ2) is 9.26. The fourth-order valence-electron chi connectivity index (χ4n) is 3.07. The van der Waals surface area contributed by atoms with Gasteiger partial charge in [0.1, 0.15) is 28.2 Å². The number of nitrogens with zero attached hydrogens (tertiary/aromatic N) is 5. The molecule has 1 N–H and O–H groups in total. The number of nitriles is 1. The van der Waals surface area contributed by atoms with Crippen molar-refractivity contribution < 1.29 is 9.18 Å². The van der Waals surface area contributed by atoms with E-state index in [0.717, 1.165) is 10.6 Å². The van der Waals surface area contributed by atoms with E-state index in [1.54, 1.807) is 40.8 Å². The Hall–Kier alpha value is -3.61. The molecule has 0 spiro atoms. The number of hydrogen-bond donors (Lipinski definition) is 1. The molecule has 32 heavy (non-hydrogen) atoms. The lowest BCUT2D eigenvalue weighted by Gasteiger charge is -2.13. The van der Waals surface area contributed by atoms with Crippen LogP contribution in [0, 0.1) is 17.1 Å². The smallest absolute Gasteiger partial charge is 0.271 e. The van der Waals surface area contributed by atoms with Gasteiger partial charge in [-0.1, -0.05) is 11.6 Å². The number of aromatic nitrogens is 4. The maximum absolute atomic E-state index is 14.0. The highest BCUT2D eigenvalue weighted by Crippen LogP contribution is 2.27. The summed E-state index contributed by atoms with van der Waals surface area (Å²) in [6.45, 7) is 2.25. The van der Waals surface area contributed by atoms with E-state index in [1.165, 1.54) is 23.5 Å². The van der Waals surface area contributed by atoms with Crippen LogP contribution >= 0.6 is 22.9 Å². The first-order valence-corrected chi connectivity index (χ1v) is 10.8. The predicted octanol–water partition coefficient (Wildman–Crippen LogP) is 4.55. The minimum atomic E-state index is -0.695. The van der Waals surface area contributed by atoms with Gasteiger partial charge in [-0.05, 0) is 37.3 Å². The number of carbonyl (C=O) groups excluding carboxylic acids is 1. The summed E-state index contributed by atoms with van der Waals surface area (Å²) in [5.41, 5.74) is 1.97. The number of nitrogens with one attached hydrogen (secondary N) is 1. The summed E-state index contributed by atoms with van der Waals surface area (Å²) in [6, 6.07) is 9.65. The molecule has 4 aromatic rings. The highest BCUT2D eigenvalue weighted by atomic mass is 35.5. The Balaban J connectivity index is 1.41. The van der Waals surface area contributed by atoms with Crippen LogP contribution in [-0.2, 0) is 6.54 Å². The molecule has 3 heterocycles. The van der Waals surface area contributed by atoms with Crippen molar-refractivity contribution in [1.82, 2.24) is 25.1 Å². The summed E-state index contributed by atoms with van der Waals surface area (Å²) in [5, 5.41) is 18.7. The molecular formula is C22H16ClFN6OS. The third kappa shape index (κ3) is 4.66. The zero-order valence-corrected chi connectivity index (χ0v) is 18.4. The highest BCUT2D eigenvalue weighted by molar-refractivity contribution is 7.13. The average molecular weight is 467 g/mol. The van der Waals surface area contributed by atoms with E-state index >= 15 is 0 Å². The normalized spacial score (nSPS) is 11.7. The summed E-state index contributed by atoms with van der Waals surface area (Å²) >= 11 is 7.36. The van der Waals surface area contributed by atoms with Crippen LogP contribution in [0.5, 0.6) is 0 Å². The molecule has 0 unspecified atom stereocenters. The first-order chi connectivity index (χ1) is 15.4. The van der Waals surface area contributed by atoms with Gasteiger partial charge in [0, 0.05) is 41.1 Å². The number of rotatable bonds is 6. The van der Waals surface area contributed by atoms with Crippen LogP contribution in [0.15, 0.2) is 54.3 Å². The number of amides is 1. The average Bonchev–Trinajstić information content (AvgIpc) is 3.44. The maximum Gasteiger partial charge on any atom is 0.271 e. The Labute approximate surface area is 192 Å². The number of thiazole rings is 1. The molecule has 10 heteroatoms. The Morgan fingerprint density at radius 3 is 2.94 bits per heavy atom. The van der Waals surface area contributed by atoms with Gasteiger partial charge in [0.25, 0.3) is 5.91 Å². The fraction of sp³-hybridized carbons (Fsp3) is 0.136. The topological polar surface area (TPSA) is 96.5 Å². The molecule has 0 bridgehead atoms. The zero-order valence-electron chi connectivity index (χ0n) is 16.8. The van der Waals surface area contributed by atoms with Crippen molar-refractivity contribution in [2.24, 2.45) is 0 Å². The van der Waals surface area contributed by atoms with Gasteiger partial charge in [-0.3, -0.25) is 14.5 Å². The summed E-state index contributed by atoms with van der Waals surface area (Å²) in [4.78, 5) is 21.0.